The second-order valence-electron chi connectivity index (χ2n) is 5.85. The van der Waals surface area contributed by atoms with Crippen molar-refractivity contribution in [3.63, 3.8) is 0 Å². The fourth-order valence-electron chi connectivity index (χ4n) is 2.63. The van der Waals surface area contributed by atoms with Crippen molar-refractivity contribution in [1.82, 2.24) is 15.5 Å². The first-order valence-electron chi connectivity index (χ1n) is 8.59. The summed E-state index contributed by atoms with van der Waals surface area (Å²) in [4.78, 5) is 18.2. The fourth-order valence-corrected chi connectivity index (χ4v) is 2.93. The van der Waals surface area contributed by atoms with Gasteiger partial charge in [0.05, 0.1) is 6.54 Å². The van der Waals surface area contributed by atoms with E-state index < -0.39 is 0 Å². The van der Waals surface area contributed by atoms with Crippen LogP contribution in [0.3, 0.4) is 0 Å². The van der Waals surface area contributed by atoms with Gasteiger partial charge in [0.2, 0.25) is 5.91 Å². The maximum Gasteiger partial charge on any atom is 0.222 e. The Morgan fingerprint density at radius 1 is 1.24 bits per heavy atom. The number of thioether (sulfide) groups is 1. The number of halogens is 1. The molecule has 1 aromatic rings. The van der Waals surface area contributed by atoms with Crippen LogP contribution in [0, 0.1) is 0 Å². The third kappa shape index (κ3) is 7.85. The highest BCUT2D eigenvalue weighted by molar-refractivity contribution is 14.0. The van der Waals surface area contributed by atoms with Crippen LogP contribution in [0.25, 0.3) is 0 Å². The molecule has 5 nitrogen and oxygen atoms in total. The number of nitrogens with zero attached hydrogens (tertiary/aromatic N) is 2. The SMILES string of the molecule is CCNC(=NCc1ccc(CN2CCCC2=O)cc1)NCCSC.I. The number of likely N-dealkylation sites (tertiary alicyclic amines) is 1. The summed E-state index contributed by atoms with van der Waals surface area (Å²) in [5.41, 5.74) is 2.36. The maximum absolute atomic E-state index is 11.7. The van der Waals surface area contributed by atoms with Crippen LogP contribution in [-0.2, 0) is 17.9 Å². The normalized spacial score (nSPS) is 14.4. The summed E-state index contributed by atoms with van der Waals surface area (Å²) in [5, 5.41) is 6.59. The topological polar surface area (TPSA) is 56.7 Å². The minimum absolute atomic E-state index is 0. The second kappa shape index (κ2) is 12.4. The maximum atomic E-state index is 11.7. The highest BCUT2D eigenvalue weighted by Gasteiger charge is 2.19. The van der Waals surface area contributed by atoms with Gasteiger partial charge in [-0.15, -0.1) is 24.0 Å². The number of nitrogens with one attached hydrogen (secondary N) is 2. The van der Waals surface area contributed by atoms with Gasteiger partial charge in [0.1, 0.15) is 0 Å². The van der Waals surface area contributed by atoms with E-state index in [1.54, 1.807) is 0 Å². The quantitative estimate of drug-likeness (QED) is 0.262. The molecule has 0 aliphatic carbocycles. The van der Waals surface area contributed by atoms with Crippen LogP contribution in [0.1, 0.15) is 30.9 Å². The number of hydrogen-bond donors (Lipinski definition) is 2. The Labute approximate surface area is 172 Å². The van der Waals surface area contributed by atoms with Crippen LogP contribution in [0.2, 0.25) is 0 Å². The van der Waals surface area contributed by atoms with E-state index in [-0.39, 0.29) is 29.9 Å². The van der Waals surface area contributed by atoms with Crippen LogP contribution in [0.15, 0.2) is 29.3 Å². The summed E-state index contributed by atoms with van der Waals surface area (Å²) in [6.45, 7) is 6.10. The van der Waals surface area contributed by atoms with Gasteiger partial charge in [0.25, 0.3) is 0 Å². The predicted molar refractivity (Wildman–Crippen MR) is 118 cm³/mol. The highest BCUT2D eigenvalue weighted by Crippen LogP contribution is 2.15. The van der Waals surface area contributed by atoms with Crippen molar-refractivity contribution < 1.29 is 4.79 Å². The van der Waals surface area contributed by atoms with Crippen molar-refractivity contribution in [3.05, 3.63) is 35.4 Å². The molecular weight excluding hydrogens is 447 g/mol. The van der Waals surface area contributed by atoms with Gasteiger partial charge in [-0.2, -0.15) is 11.8 Å². The first kappa shape index (κ1) is 22.1. The van der Waals surface area contributed by atoms with Gasteiger partial charge in [-0.05, 0) is 30.7 Å². The van der Waals surface area contributed by atoms with Gasteiger partial charge >= 0.3 is 0 Å². The number of amides is 1. The van der Waals surface area contributed by atoms with Crippen LogP contribution < -0.4 is 10.6 Å². The lowest BCUT2D eigenvalue weighted by atomic mass is 10.1. The number of carbonyl (C=O) groups is 1. The third-order valence-corrected chi connectivity index (χ3v) is 4.54. The number of aliphatic imine (C=N–C) groups is 1. The standard InChI is InChI=1S/C18H28N4OS.HI/c1-3-19-18(20-10-12-24-2)21-13-15-6-8-16(9-7-15)14-22-11-4-5-17(22)23;/h6-9H,3-5,10-14H2,1-2H3,(H2,19,20,21);1H. The van der Waals surface area contributed by atoms with Gasteiger partial charge in [0.15, 0.2) is 5.96 Å². The molecule has 0 aromatic heterocycles. The molecule has 1 aliphatic rings. The molecule has 2 rings (SSSR count). The number of hydrogen-bond acceptors (Lipinski definition) is 3. The molecule has 7 heteroatoms. The number of guanidine groups is 1. The minimum Gasteiger partial charge on any atom is -0.357 e. The van der Waals surface area contributed by atoms with Crippen molar-refractivity contribution in [3.8, 4) is 0 Å². The second-order valence-corrected chi connectivity index (χ2v) is 6.84. The van der Waals surface area contributed by atoms with Gasteiger partial charge in [-0.25, -0.2) is 4.99 Å². The Morgan fingerprint density at radius 3 is 2.56 bits per heavy atom. The van der Waals surface area contributed by atoms with Crippen LogP contribution in [0.4, 0.5) is 0 Å². The number of benzene rings is 1. The molecule has 25 heavy (non-hydrogen) atoms. The molecule has 0 unspecified atom stereocenters. The molecule has 1 saturated heterocycles. The minimum atomic E-state index is 0. The summed E-state index contributed by atoms with van der Waals surface area (Å²) in [7, 11) is 0. The van der Waals surface area contributed by atoms with E-state index in [1.165, 1.54) is 11.1 Å². The Kier molecular flexibility index (Phi) is 11.0. The Hall–Kier alpha value is -0.960. The largest absolute Gasteiger partial charge is 0.357 e. The van der Waals surface area contributed by atoms with Crippen molar-refractivity contribution in [1.29, 1.82) is 0 Å². The zero-order chi connectivity index (χ0) is 17.2. The van der Waals surface area contributed by atoms with E-state index in [2.05, 4.69) is 53.1 Å². The number of rotatable bonds is 8. The zero-order valence-corrected chi connectivity index (χ0v) is 18.2. The molecular formula is C18H29IN4OS. The molecule has 0 saturated carbocycles. The lowest BCUT2D eigenvalue weighted by Crippen LogP contribution is -2.38. The molecule has 0 bridgehead atoms. The monoisotopic (exact) mass is 476 g/mol. The van der Waals surface area contributed by atoms with Crippen molar-refractivity contribution in [2.45, 2.75) is 32.9 Å². The van der Waals surface area contributed by atoms with E-state index in [0.29, 0.717) is 13.0 Å². The van der Waals surface area contributed by atoms with E-state index in [9.17, 15) is 4.79 Å². The number of carbonyl (C=O) groups excluding carboxylic acids is 1. The smallest absolute Gasteiger partial charge is 0.222 e. The van der Waals surface area contributed by atoms with Crippen LogP contribution >= 0.6 is 35.7 Å². The van der Waals surface area contributed by atoms with Gasteiger partial charge in [0, 0.05) is 38.4 Å². The molecule has 1 heterocycles. The fraction of sp³-hybridized carbons (Fsp3) is 0.556. The Morgan fingerprint density at radius 2 is 1.96 bits per heavy atom. The Balaban J connectivity index is 0.00000312. The van der Waals surface area contributed by atoms with Crippen LogP contribution in [-0.4, -0.2) is 48.4 Å². The van der Waals surface area contributed by atoms with E-state index in [1.807, 2.05) is 16.7 Å². The Bertz CT molecular complexity index is 551. The summed E-state index contributed by atoms with van der Waals surface area (Å²) in [5.74, 6) is 2.20. The molecule has 0 atom stereocenters. The van der Waals surface area contributed by atoms with Crippen molar-refractivity contribution in [2.75, 3.05) is 31.6 Å². The highest BCUT2D eigenvalue weighted by atomic mass is 127. The van der Waals surface area contributed by atoms with Crippen molar-refractivity contribution in [2.24, 2.45) is 4.99 Å². The molecule has 1 aromatic carbocycles. The summed E-state index contributed by atoms with van der Waals surface area (Å²) in [6, 6.07) is 8.41. The van der Waals surface area contributed by atoms with Crippen molar-refractivity contribution >= 4 is 47.6 Å². The third-order valence-electron chi connectivity index (χ3n) is 3.93. The first-order chi connectivity index (χ1) is 11.7. The molecule has 140 valence electrons. The molecule has 1 fully saturated rings. The molecule has 0 spiro atoms. The van der Waals surface area contributed by atoms with E-state index in [0.717, 1.165) is 44.3 Å². The summed E-state index contributed by atoms with van der Waals surface area (Å²) in [6.07, 6.45) is 3.79. The molecule has 1 amide bonds. The summed E-state index contributed by atoms with van der Waals surface area (Å²) >= 11 is 1.82. The summed E-state index contributed by atoms with van der Waals surface area (Å²) < 4.78 is 0. The van der Waals surface area contributed by atoms with Gasteiger partial charge < -0.3 is 15.5 Å². The molecule has 1 aliphatic heterocycles. The molecule has 2 N–H and O–H groups in total. The van der Waals surface area contributed by atoms with Gasteiger partial charge in [-0.3, -0.25) is 4.79 Å². The van der Waals surface area contributed by atoms with E-state index >= 15 is 0 Å². The van der Waals surface area contributed by atoms with Crippen LogP contribution in [0.5, 0.6) is 0 Å². The average Bonchev–Trinajstić information content (AvgIpc) is 2.99. The zero-order valence-electron chi connectivity index (χ0n) is 15.1. The molecule has 0 radical (unpaired) electrons. The first-order valence-corrected chi connectivity index (χ1v) is 9.99. The predicted octanol–water partition coefficient (Wildman–Crippen LogP) is 2.85. The lowest BCUT2D eigenvalue weighted by molar-refractivity contribution is -0.128. The lowest BCUT2D eigenvalue weighted by Gasteiger charge is -2.15. The van der Waals surface area contributed by atoms with E-state index in [4.69, 9.17) is 0 Å². The van der Waals surface area contributed by atoms with Gasteiger partial charge in [-0.1, -0.05) is 24.3 Å². The average molecular weight is 476 g/mol.